The average molecular weight is 373 g/mol. The van der Waals surface area contributed by atoms with Crippen LogP contribution in [0.15, 0.2) is 66.9 Å². The standard InChI is InChI=1S/C23H23N3O2/c1-17-24-16-20(21(25-17)18-8-4-2-5-9-18)22(27)26-14-12-23(28,13-15-26)19-10-6-3-7-11-19/h2-11,16,28H,12-15H2,1H3. The van der Waals surface area contributed by atoms with Crippen LogP contribution >= 0.6 is 0 Å². The number of aryl methyl sites for hydroxylation is 1. The fourth-order valence-corrected chi connectivity index (χ4v) is 3.73. The molecule has 5 heteroatoms. The Morgan fingerprint density at radius 2 is 1.61 bits per heavy atom. The van der Waals surface area contributed by atoms with Crippen molar-refractivity contribution in [1.82, 2.24) is 14.9 Å². The molecule has 0 aliphatic carbocycles. The number of rotatable bonds is 3. The van der Waals surface area contributed by atoms with Crippen LogP contribution in [-0.2, 0) is 5.60 Å². The van der Waals surface area contributed by atoms with Crippen molar-refractivity contribution in [3.63, 3.8) is 0 Å². The maximum Gasteiger partial charge on any atom is 0.257 e. The van der Waals surface area contributed by atoms with Crippen molar-refractivity contribution in [2.45, 2.75) is 25.4 Å². The van der Waals surface area contributed by atoms with Crippen LogP contribution in [0.25, 0.3) is 11.3 Å². The number of nitrogens with zero attached hydrogens (tertiary/aromatic N) is 3. The van der Waals surface area contributed by atoms with E-state index in [1.165, 1.54) is 0 Å². The predicted molar refractivity (Wildman–Crippen MR) is 108 cm³/mol. The van der Waals surface area contributed by atoms with Gasteiger partial charge in [-0.05, 0) is 25.3 Å². The normalized spacial score (nSPS) is 16.0. The molecule has 3 aromatic rings. The lowest BCUT2D eigenvalue weighted by Gasteiger charge is -2.38. The van der Waals surface area contributed by atoms with Crippen molar-refractivity contribution >= 4 is 5.91 Å². The summed E-state index contributed by atoms with van der Waals surface area (Å²) in [6.07, 6.45) is 2.64. The molecule has 2 heterocycles. The maximum absolute atomic E-state index is 13.2. The van der Waals surface area contributed by atoms with E-state index in [1.54, 1.807) is 11.1 Å². The number of amides is 1. The van der Waals surface area contributed by atoms with Gasteiger partial charge in [-0.3, -0.25) is 4.79 Å². The predicted octanol–water partition coefficient (Wildman–Crippen LogP) is 3.58. The second-order valence-corrected chi connectivity index (χ2v) is 7.24. The minimum Gasteiger partial charge on any atom is -0.385 e. The lowest BCUT2D eigenvalue weighted by molar-refractivity contribution is -0.0211. The van der Waals surface area contributed by atoms with Crippen LogP contribution in [0.4, 0.5) is 0 Å². The summed E-state index contributed by atoms with van der Waals surface area (Å²) in [5.74, 6) is 0.543. The van der Waals surface area contributed by atoms with Gasteiger partial charge in [-0.25, -0.2) is 9.97 Å². The highest BCUT2D eigenvalue weighted by Gasteiger charge is 2.36. The molecule has 0 spiro atoms. The first-order chi connectivity index (χ1) is 13.6. The topological polar surface area (TPSA) is 66.3 Å². The van der Waals surface area contributed by atoms with E-state index in [4.69, 9.17) is 0 Å². The summed E-state index contributed by atoms with van der Waals surface area (Å²) >= 11 is 0. The summed E-state index contributed by atoms with van der Waals surface area (Å²) in [4.78, 5) is 23.8. The van der Waals surface area contributed by atoms with Crippen molar-refractivity contribution in [3.8, 4) is 11.3 Å². The monoisotopic (exact) mass is 373 g/mol. The smallest absolute Gasteiger partial charge is 0.257 e. The Hall–Kier alpha value is -3.05. The summed E-state index contributed by atoms with van der Waals surface area (Å²) in [7, 11) is 0. The number of carbonyl (C=O) groups is 1. The molecule has 2 aromatic carbocycles. The minimum atomic E-state index is -0.885. The molecule has 0 bridgehead atoms. The highest BCUT2D eigenvalue weighted by atomic mass is 16.3. The van der Waals surface area contributed by atoms with Crippen LogP contribution in [-0.4, -0.2) is 39.0 Å². The summed E-state index contributed by atoms with van der Waals surface area (Å²) in [5, 5.41) is 11.0. The number of aliphatic hydroxyl groups is 1. The van der Waals surface area contributed by atoms with E-state index in [0.717, 1.165) is 11.1 Å². The number of aromatic nitrogens is 2. The SMILES string of the molecule is Cc1ncc(C(=O)N2CCC(O)(c3ccccc3)CC2)c(-c2ccccc2)n1. The van der Waals surface area contributed by atoms with E-state index in [9.17, 15) is 9.90 Å². The molecule has 1 amide bonds. The van der Waals surface area contributed by atoms with Gasteiger partial charge in [0.15, 0.2) is 0 Å². The Bertz CT molecular complexity index is 966. The number of likely N-dealkylation sites (tertiary alicyclic amines) is 1. The van der Waals surface area contributed by atoms with Gasteiger partial charge in [-0.2, -0.15) is 0 Å². The van der Waals surface area contributed by atoms with Gasteiger partial charge in [0.25, 0.3) is 5.91 Å². The Morgan fingerprint density at radius 1 is 1.00 bits per heavy atom. The van der Waals surface area contributed by atoms with Crippen molar-refractivity contribution in [2.75, 3.05) is 13.1 Å². The highest BCUT2D eigenvalue weighted by Crippen LogP contribution is 2.33. The molecule has 0 unspecified atom stereocenters. The van der Waals surface area contributed by atoms with E-state index in [1.807, 2.05) is 67.6 Å². The number of hydrogen-bond acceptors (Lipinski definition) is 4. The van der Waals surface area contributed by atoms with Crippen molar-refractivity contribution in [1.29, 1.82) is 0 Å². The van der Waals surface area contributed by atoms with E-state index < -0.39 is 5.60 Å². The van der Waals surface area contributed by atoms with Crippen LogP contribution in [0.5, 0.6) is 0 Å². The van der Waals surface area contributed by atoms with Gasteiger partial charge < -0.3 is 10.0 Å². The van der Waals surface area contributed by atoms with E-state index >= 15 is 0 Å². The zero-order chi connectivity index (χ0) is 19.6. The van der Waals surface area contributed by atoms with Crippen molar-refractivity contribution in [2.24, 2.45) is 0 Å². The average Bonchev–Trinajstić information content (AvgIpc) is 2.75. The maximum atomic E-state index is 13.2. The molecular formula is C23H23N3O2. The number of piperidine rings is 1. The van der Waals surface area contributed by atoms with Crippen LogP contribution < -0.4 is 0 Å². The third kappa shape index (κ3) is 3.53. The number of hydrogen-bond donors (Lipinski definition) is 1. The summed E-state index contributed by atoms with van der Waals surface area (Å²) < 4.78 is 0. The summed E-state index contributed by atoms with van der Waals surface area (Å²) in [6.45, 7) is 2.81. The third-order valence-electron chi connectivity index (χ3n) is 5.38. The minimum absolute atomic E-state index is 0.0889. The second-order valence-electron chi connectivity index (χ2n) is 7.24. The lowest BCUT2D eigenvalue weighted by atomic mass is 9.84. The van der Waals surface area contributed by atoms with Gasteiger partial charge in [0.1, 0.15) is 5.82 Å². The molecule has 142 valence electrons. The Kier molecular flexibility index (Phi) is 4.92. The highest BCUT2D eigenvalue weighted by molar-refractivity contribution is 5.99. The van der Waals surface area contributed by atoms with Gasteiger partial charge in [-0.15, -0.1) is 0 Å². The molecule has 5 nitrogen and oxygen atoms in total. The van der Waals surface area contributed by atoms with Gasteiger partial charge in [-0.1, -0.05) is 60.7 Å². The van der Waals surface area contributed by atoms with Crippen molar-refractivity contribution in [3.05, 3.63) is 83.8 Å². The number of benzene rings is 2. The summed E-state index contributed by atoms with van der Waals surface area (Å²) in [5.41, 5.74) is 2.08. The van der Waals surface area contributed by atoms with Gasteiger partial charge in [0.2, 0.25) is 0 Å². The molecule has 1 saturated heterocycles. The fraction of sp³-hybridized carbons (Fsp3) is 0.261. The van der Waals surface area contributed by atoms with Crippen LogP contribution in [0.1, 0.15) is 34.6 Å². The Balaban J connectivity index is 1.57. The van der Waals surface area contributed by atoms with Crippen LogP contribution in [0.3, 0.4) is 0 Å². The second kappa shape index (κ2) is 7.52. The van der Waals surface area contributed by atoms with Gasteiger partial charge >= 0.3 is 0 Å². The number of carbonyl (C=O) groups excluding carboxylic acids is 1. The molecule has 4 rings (SSSR count). The van der Waals surface area contributed by atoms with Gasteiger partial charge in [0.05, 0.1) is 16.9 Å². The summed E-state index contributed by atoms with van der Waals surface area (Å²) in [6, 6.07) is 19.4. The molecule has 1 fully saturated rings. The van der Waals surface area contributed by atoms with Crippen LogP contribution in [0, 0.1) is 6.92 Å². The Morgan fingerprint density at radius 3 is 2.25 bits per heavy atom. The largest absolute Gasteiger partial charge is 0.385 e. The molecule has 28 heavy (non-hydrogen) atoms. The zero-order valence-corrected chi connectivity index (χ0v) is 15.9. The molecule has 0 atom stereocenters. The van der Waals surface area contributed by atoms with Crippen molar-refractivity contribution < 1.29 is 9.90 Å². The quantitative estimate of drug-likeness (QED) is 0.762. The molecule has 0 saturated carbocycles. The van der Waals surface area contributed by atoms with Crippen LogP contribution in [0.2, 0.25) is 0 Å². The van der Waals surface area contributed by atoms with E-state index in [0.29, 0.717) is 43.0 Å². The van der Waals surface area contributed by atoms with E-state index in [-0.39, 0.29) is 5.91 Å². The first-order valence-electron chi connectivity index (χ1n) is 9.53. The first kappa shape index (κ1) is 18.3. The molecule has 1 aliphatic rings. The zero-order valence-electron chi connectivity index (χ0n) is 15.9. The van der Waals surface area contributed by atoms with E-state index in [2.05, 4.69) is 9.97 Å². The molecule has 0 radical (unpaired) electrons. The first-order valence-corrected chi connectivity index (χ1v) is 9.53. The van der Waals surface area contributed by atoms with Gasteiger partial charge in [0, 0.05) is 24.8 Å². The molecule has 1 aromatic heterocycles. The molecule has 1 aliphatic heterocycles. The lowest BCUT2D eigenvalue weighted by Crippen LogP contribution is -2.45. The molecular weight excluding hydrogens is 350 g/mol. The Labute approximate surface area is 164 Å². The third-order valence-corrected chi connectivity index (χ3v) is 5.38. The molecule has 1 N–H and O–H groups in total. The fourth-order valence-electron chi connectivity index (χ4n) is 3.73.